The second-order valence-electron chi connectivity index (χ2n) is 2.72. The highest BCUT2D eigenvalue weighted by molar-refractivity contribution is 6.65. The van der Waals surface area contributed by atoms with E-state index in [2.05, 4.69) is 0 Å². The smallest absolute Gasteiger partial charge is 0.320 e. The summed E-state index contributed by atoms with van der Waals surface area (Å²) in [6, 6.07) is 4.25. The van der Waals surface area contributed by atoms with Crippen molar-refractivity contribution in [1.29, 1.82) is 0 Å². The van der Waals surface area contributed by atoms with Crippen LogP contribution in [0.5, 0.6) is 0 Å². The van der Waals surface area contributed by atoms with Crippen molar-refractivity contribution in [1.82, 2.24) is 0 Å². The van der Waals surface area contributed by atoms with Gasteiger partial charge in [-0.15, -0.1) is 0 Å². The molecule has 0 amide bonds. The lowest BCUT2D eigenvalue weighted by Gasteiger charge is -2.07. The quantitative estimate of drug-likeness (QED) is 0.613. The first-order valence-electron chi connectivity index (χ1n) is 3.81. The Morgan fingerprint density at radius 2 is 2.25 bits per heavy atom. The zero-order chi connectivity index (χ0) is 9.14. The van der Waals surface area contributed by atoms with Crippen LogP contribution in [0.15, 0.2) is 18.2 Å². The van der Waals surface area contributed by atoms with Crippen molar-refractivity contribution in [3.63, 3.8) is 0 Å². The van der Waals surface area contributed by atoms with Gasteiger partial charge in [-0.3, -0.25) is 0 Å². The molecule has 1 rings (SSSR count). The van der Waals surface area contributed by atoms with E-state index in [-0.39, 0.29) is 5.82 Å². The Balaban J connectivity index is 3.12. The summed E-state index contributed by atoms with van der Waals surface area (Å²) in [5.74, 6) is -0.344. The highest BCUT2D eigenvalue weighted by Gasteiger charge is 2.11. The first-order chi connectivity index (χ1) is 5.65. The van der Waals surface area contributed by atoms with Crippen molar-refractivity contribution in [3.05, 3.63) is 29.6 Å². The molecule has 4 heteroatoms. The average Bonchev–Trinajstić information content (AvgIpc) is 2.04. The first kappa shape index (κ1) is 9.22. The number of nitrogens with two attached hydrogens (primary N) is 1. The average molecular weight is 167 g/mol. The molecule has 0 aliphatic rings. The van der Waals surface area contributed by atoms with Gasteiger partial charge in [0.05, 0.1) is 0 Å². The number of halogens is 1. The van der Waals surface area contributed by atoms with Crippen LogP contribution >= 0.6 is 0 Å². The molecule has 0 aliphatic heterocycles. The van der Waals surface area contributed by atoms with Gasteiger partial charge in [0, 0.05) is 6.54 Å². The minimum atomic E-state index is -0.667. The van der Waals surface area contributed by atoms with Gasteiger partial charge in [0.1, 0.15) is 5.82 Å². The van der Waals surface area contributed by atoms with Crippen molar-refractivity contribution >= 4 is 12.4 Å². The Hall–Kier alpha value is -0.865. The Morgan fingerprint density at radius 1 is 1.58 bits per heavy atom. The Bertz CT molecular complexity index is 278. The maximum absolute atomic E-state index is 12.7. The third-order valence-corrected chi connectivity index (χ3v) is 1.78. The van der Waals surface area contributed by atoms with Gasteiger partial charge in [-0.2, -0.15) is 0 Å². The molecular formula is C8H11BFNO. The van der Waals surface area contributed by atoms with Crippen LogP contribution in [0.25, 0.3) is 0 Å². The second-order valence-corrected chi connectivity index (χ2v) is 2.72. The van der Waals surface area contributed by atoms with Crippen LogP contribution < -0.4 is 11.2 Å². The highest BCUT2D eigenvalue weighted by atomic mass is 19.1. The van der Waals surface area contributed by atoms with Gasteiger partial charge >= 0.3 is 6.92 Å². The van der Waals surface area contributed by atoms with Gasteiger partial charge in [0.25, 0.3) is 0 Å². The summed E-state index contributed by atoms with van der Waals surface area (Å²) in [4.78, 5) is 0. The molecule has 0 aromatic heterocycles. The van der Waals surface area contributed by atoms with Gasteiger partial charge in [-0.25, -0.2) is 4.39 Å². The number of hydrogen-bond acceptors (Lipinski definition) is 2. The predicted molar refractivity (Wildman–Crippen MR) is 47.8 cm³/mol. The number of hydrogen-bond donors (Lipinski definition) is 2. The van der Waals surface area contributed by atoms with Crippen molar-refractivity contribution < 1.29 is 9.41 Å². The molecule has 3 N–H and O–H groups in total. The third-order valence-electron chi connectivity index (χ3n) is 1.78. The molecule has 1 aromatic carbocycles. The lowest BCUT2D eigenvalue weighted by atomic mass is 9.62. The van der Waals surface area contributed by atoms with Crippen molar-refractivity contribution in [2.75, 3.05) is 0 Å². The molecule has 0 radical (unpaired) electrons. The van der Waals surface area contributed by atoms with Crippen LogP contribution in [0, 0.1) is 5.82 Å². The molecule has 0 spiro atoms. The molecule has 0 heterocycles. The second kappa shape index (κ2) is 3.69. The topological polar surface area (TPSA) is 46.2 Å². The molecule has 0 fully saturated rings. The van der Waals surface area contributed by atoms with E-state index in [4.69, 9.17) is 5.73 Å². The van der Waals surface area contributed by atoms with E-state index in [1.807, 2.05) is 0 Å². The molecule has 0 atom stereocenters. The van der Waals surface area contributed by atoms with Crippen LogP contribution in [-0.4, -0.2) is 11.9 Å². The predicted octanol–water partition coefficient (Wildman–Crippen LogP) is 0.105. The standard InChI is InChI=1S/C8H11BFNO/c1-9(12)8-4-7(10)3-2-6(8)5-11/h2-4,12H,5,11H2,1H3. The van der Waals surface area contributed by atoms with E-state index in [1.165, 1.54) is 12.1 Å². The summed E-state index contributed by atoms with van der Waals surface area (Å²) in [6.07, 6.45) is 0. The monoisotopic (exact) mass is 167 g/mol. The van der Waals surface area contributed by atoms with Gasteiger partial charge in [0.2, 0.25) is 0 Å². The summed E-state index contributed by atoms with van der Waals surface area (Å²) < 4.78 is 12.7. The van der Waals surface area contributed by atoms with Crippen molar-refractivity contribution in [2.24, 2.45) is 5.73 Å². The molecule has 2 nitrogen and oxygen atoms in total. The van der Waals surface area contributed by atoms with Crippen molar-refractivity contribution in [3.8, 4) is 0 Å². The molecule has 12 heavy (non-hydrogen) atoms. The molecule has 0 unspecified atom stereocenters. The molecule has 64 valence electrons. The van der Waals surface area contributed by atoms with Crippen LogP contribution in [0.3, 0.4) is 0 Å². The number of benzene rings is 1. The van der Waals surface area contributed by atoms with Crippen LogP contribution in [-0.2, 0) is 6.54 Å². The Kier molecular flexibility index (Phi) is 2.84. The number of rotatable bonds is 2. The van der Waals surface area contributed by atoms with Gasteiger partial charge in [-0.1, -0.05) is 12.9 Å². The van der Waals surface area contributed by atoms with E-state index in [0.29, 0.717) is 12.0 Å². The largest absolute Gasteiger partial charge is 0.446 e. The summed E-state index contributed by atoms with van der Waals surface area (Å²) in [5, 5.41) is 9.24. The lowest BCUT2D eigenvalue weighted by Crippen LogP contribution is -2.31. The first-order valence-corrected chi connectivity index (χ1v) is 3.81. The molecule has 0 saturated heterocycles. The minimum Gasteiger partial charge on any atom is -0.446 e. The maximum Gasteiger partial charge on any atom is 0.320 e. The maximum atomic E-state index is 12.7. The molecular weight excluding hydrogens is 156 g/mol. The Morgan fingerprint density at radius 3 is 2.75 bits per heavy atom. The van der Waals surface area contributed by atoms with E-state index in [1.54, 1.807) is 12.9 Å². The SMILES string of the molecule is CB(O)c1cc(F)ccc1CN. The molecule has 0 saturated carbocycles. The molecule has 1 aromatic rings. The lowest BCUT2D eigenvalue weighted by molar-refractivity contribution is 0.591. The zero-order valence-corrected chi connectivity index (χ0v) is 6.92. The third kappa shape index (κ3) is 1.84. The van der Waals surface area contributed by atoms with Crippen LogP contribution in [0.1, 0.15) is 5.56 Å². The van der Waals surface area contributed by atoms with E-state index in [0.717, 1.165) is 5.56 Å². The highest BCUT2D eigenvalue weighted by Crippen LogP contribution is 2.00. The minimum absolute atomic E-state index is 0.320. The van der Waals surface area contributed by atoms with Gasteiger partial charge < -0.3 is 10.8 Å². The summed E-state index contributed by atoms with van der Waals surface area (Å²) in [5.41, 5.74) is 6.76. The van der Waals surface area contributed by atoms with Crippen LogP contribution in [0.2, 0.25) is 6.82 Å². The normalized spacial score (nSPS) is 10.0. The Labute approximate surface area is 71.3 Å². The fourth-order valence-electron chi connectivity index (χ4n) is 1.14. The van der Waals surface area contributed by atoms with Gasteiger partial charge in [0.15, 0.2) is 0 Å². The zero-order valence-electron chi connectivity index (χ0n) is 6.92. The van der Waals surface area contributed by atoms with Crippen molar-refractivity contribution in [2.45, 2.75) is 13.4 Å². The van der Waals surface area contributed by atoms with E-state index >= 15 is 0 Å². The molecule has 0 bridgehead atoms. The summed E-state index contributed by atoms with van der Waals surface area (Å²) in [7, 11) is 0. The van der Waals surface area contributed by atoms with E-state index < -0.39 is 6.92 Å². The summed E-state index contributed by atoms with van der Waals surface area (Å²) in [6.45, 7) is 1.24. The van der Waals surface area contributed by atoms with E-state index in [9.17, 15) is 9.41 Å². The molecule has 0 aliphatic carbocycles. The summed E-state index contributed by atoms with van der Waals surface area (Å²) >= 11 is 0. The fourth-order valence-corrected chi connectivity index (χ4v) is 1.14. The fraction of sp³-hybridized carbons (Fsp3) is 0.250. The van der Waals surface area contributed by atoms with Gasteiger partial charge in [-0.05, 0) is 23.2 Å². The van der Waals surface area contributed by atoms with Crippen LogP contribution in [0.4, 0.5) is 4.39 Å².